The molecule has 0 aliphatic carbocycles. The maximum Gasteiger partial charge on any atom is 0.0535 e. The molecule has 1 aromatic heterocycles. The number of aromatic nitrogens is 2. The summed E-state index contributed by atoms with van der Waals surface area (Å²) in [4.78, 5) is 2.53. The SMILES string of the molecule is Nc1cccc(CN2CCCCC2c2cn[nH]c2)c1. The number of likely N-dealkylation sites (tertiary alicyclic amines) is 1. The zero-order valence-corrected chi connectivity index (χ0v) is 11.0. The van der Waals surface area contributed by atoms with E-state index in [-0.39, 0.29) is 0 Å². The van der Waals surface area contributed by atoms with Gasteiger partial charge in [-0.2, -0.15) is 5.10 Å². The Morgan fingerprint density at radius 1 is 1.37 bits per heavy atom. The Balaban J connectivity index is 1.77. The minimum absolute atomic E-state index is 0.480. The van der Waals surface area contributed by atoms with Crippen molar-refractivity contribution in [1.82, 2.24) is 15.1 Å². The molecule has 1 aliphatic rings. The van der Waals surface area contributed by atoms with Crippen LogP contribution in [0.25, 0.3) is 0 Å². The van der Waals surface area contributed by atoms with Gasteiger partial charge in [0, 0.05) is 30.0 Å². The number of hydrogen-bond donors (Lipinski definition) is 2. The van der Waals surface area contributed by atoms with Gasteiger partial charge >= 0.3 is 0 Å². The van der Waals surface area contributed by atoms with E-state index in [4.69, 9.17) is 5.73 Å². The molecular weight excluding hydrogens is 236 g/mol. The number of anilines is 1. The summed E-state index contributed by atoms with van der Waals surface area (Å²) in [6.07, 6.45) is 7.74. The van der Waals surface area contributed by atoms with E-state index in [0.717, 1.165) is 18.8 Å². The van der Waals surface area contributed by atoms with Gasteiger partial charge in [-0.25, -0.2) is 0 Å². The third kappa shape index (κ3) is 2.79. The summed E-state index contributed by atoms with van der Waals surface area (Å²) < 4.78 is 0. The van der Waals surface area contributed by atoms with Crippen molar-refractivity contribution < 1.29 is 0 Å². The average Bonchev–Trinajstić information content (AvgIpc) is 2.93. The third-order valence-electron chi connectivity index (χ3n) is 3.85. The van der Waals surface area contributed by atoms with E-state index in [0.29, 0.717) is 6.04 Å². The molecule has 1 aromatic carbocycles. The molecule has 0 amide bonds. The normalized spacial score (nSPS) is 20.5. The molecule has 1 atom stereocenters. The average molecular weight is 256 g/mol. The number of nitrogen functional groups attached to an aromatic ring is 1. The smallest absolute Gasteiger partial charge is 0.0535 e. The zero-order valence-electron chi connectivity index (χ0n) is 11.0. The van der Waals surface area contributed by atoms with E-state index < -0.39 is 0 Å². The van der Waals surface area contributed by atoms with Gasteiger partial charge in [-0.05, 0) is 37.1 Å². The number of nitrogens with one attached hydrogen (secondary N) is 1. The molecule has 19 heavy (non-hydrogen) atoms. The van der Waals surface area contributed by atoms with Gasteiger partial charge in [0.1, 0.15) is 0 Å². The minimum Gasteiger partial charge on any atom is -0.399 e. The Morgan fingerprint density at radius 3 is 3.11 bits per heavy atom. The van der Waals surface area contributed by atoms with E-state index in [2.05, 4.69) is 27.2 Å². The highest BCUT2D eigenvalue weighted by atomic mass is 15.2. The molecule has 0 bridgehead atoms. The van der Waals surface area contributed by atoms with Gasteiger partial charge in [0.2, 0.25) is 0 Å². The summed E-state index contributed by atoms with van der Waals surface area (Å²) >= 11 is 0. The first-order valence-electron chi connectivity index (χ1n) is 6.90. The summed E-state index contributed by atoms with van der Waals surface area (Å²) in [7, 11) is 0. The second-order valence-electron chi connectivity index (χ2n) is 5.26. The highest BCUT2D eigenvalue weighted by Crippen LogP contribution is 2.31. The summed E-state index contributed by atoms with van der Waals surface area (Å²) in [5.41, 5.74) is 9.28. The first kappa shape index (κ1) is 12.2. The number of nitrogens with zero attached hydrogens (tertiary/aromatic N) is 2. The topological polar surface area (TPSA) is 57.9 Å². The number of rotatable bonds is 3. The van der Waals surface area contributed by atoms with Gasteiger partial charge in [0.25, 0.3) is 0 Å². The van der Waals surface area contributed by atoms with Gasteiger partial charge in [0.15, 0.2) is 0 Å². The fraction of sp³-hybridized carbons (Fsp3) is 0.400. The van der Waals surface area contributed by atoms with Crippen LogP contribution in [0.2, 0.25) is 0 Å². The molecule has 100 valence electrons. The highest BCUT2D eigenvalue weighted by molar-refractivity contribution is 5.40. The van der Waals surface area contributed by atoms with Crippen LogP contribution in [0.4, 0.5) is 5.69 Å². The number of piperidine rings is 1. The fourth-order valence-electron chi connectivity index (χ4n) is 2.93. The van der Waals surface area contributed by atoms with Crippen LogP contribution in [-0.4, -0.2) is 21.6 Å². The predicted molar refractivity (Wildman–Crippen MR) is 76.4 cm³/mol. The van der Waals surface area contributed by atoms with E-state index in [1.807, 2.05) is 24.5 Å². The largest absolute Gasteiger partial charge is 0.399 e. The molecule has 2 aromatic rings. The summed E-state index contributed by atoms with van der Waals surface area (Å²) in [5, 5.41) is 7.01. The molecule has 0 radical (unpaired) electrons. The van der Waals surface area contributed by atoms with Crippen LogP contribution in [0, 0.1) is 0 Å². The van der Waals surface area contributed by atoms with Crippen molar-refractivity contribution in [3.8, 4) is 0 Å². The van der Waals surface area contributed by atoms with E-state index >= 15 is 0 Å². The number of benzene rings is 1. The van der Waals surface area contributed by atoms with Crippen LogP contribution in [0.15, 0.2) is 36.7 Å². The van der Waals surface area contributed by atoms with Crippen LogP contribution < -0.4 is 5.73 Å². The van der Waals surface area contributed by atoms with Crippen molar-refractivity contribution in [3.05, 3.63) is 47.8 Å². The first-order valence-corrected chi connectivity index (χ1v) is 6.90. The zero-order chi connectivity index (χ0) is 13.1. The lowest BCUT2D eigenvalue weighted by atomic mass is 9.97. The first-order chi connectivity index (χ1) is 9.33. The van der Waals surface area contributed by atoms with E-state index in [1.54, 1.807) is 0 Å². The van der Waals surface area contributed by atoms with Crippen molar-refractivity contribution in [2.45, 2.75) is 31.8 Å². The third-order valence-corrected chi connectivity index (χ3v) is 3.85. The minimum atomic E-state index is 0.480. The van der Waals surface area contributed by atoms with Gasteiger partial charge in [0.05, 0.1) is 6.20 Å². The molecule has 3 rings (SSSR count). The molecule has 0 saturated carbocycles. The van der Waals surface area contributed by atoms with Gasteiger partial charge in [-0.1, -0.05) is 18.6 Å². The Hall–Kier alpha value is -1.81. The quantitative estimate of drug-likeness (QED) is 0.830. The van der Waals surface area contributed by atoms with Gasteiger partial charge in [-0.3, -0.25) is 10.00 Å². The summed E-state index contributed by atoms with van der Waals surface area (Å²) in [6.45, 7) is 2.10. The van der Waals surface area contributed by atoms with Crippen LogP contribution in [0.3, 0.4) is 0 Å². The lowest BCUT2D eigenvalue weighted by molar-refractivity contribution is 0.140. The summed E-state index contributed by atoms with van der Waals surface area (Å²) in [6, 6.07) is 8.67. The Morgan fingerprint density at radius 2 is 2.32 bits per heavy atom. The molecule has 1 aliphatic heterocycles. The number of hydrogen-bond acceptors (Lipinski definition) is 3. The van der Waals surface area contributed by atoms with E-state index in [9.17, 15) is 0 Å². The second kappa shape index (κ2) is 5.45. The number of nitrogens with two attached hydrogens (primary N) is 1. The maximum absolute atomic E-state index is 5.86. The lowest BCUT2D eigenvalue weighted by Gasteiger charge is -2.35. The second-order valence-corrected chi connectivity index (χ2v) is 5.26. The molecule has 4 nitrogen and oxygen atoms in total. The molecule has 3 N–H and O–H groups in total. The standard InChI is InChI=1S/C15H20N4/c16-14-5-3-4-12(8-14)11-19-7-2-1-6-15(19)13-9-17-18-10-13/h3-5,8-10,15H,1-2,6-7,11,16H2,(H,17,18). The number of aromatic amines is 1. The monoisotopic (exact) mass is 256 g/mol. The molecular formula is C15H20N4. The Kier molecular flexibility index (Phi) is 3.51. The molecule has 4 heteroatoms. The van der Waals surface area contributed by atoms with Crippen molar-refractivity contribution in [2.24, 2.45) is 0 Å². The summed E-state index contributed by atoms with van der Waals surface area (Å²) in [5.74, 6) is 0. The molecule has 0 spiro atoms. The van der Waals surface area contributed by atoms with E-state index in [1.165, 1.54) is 30.4 Å². The van der Waals surface area contributed by atoms with Gasteiger partial charge in [-0.15, -0.1) is 0 Å². The van der Waals surface area contributed by atoms with Crippen molar-refractivity contribution >= 4 is 5.69 Å². The van der Waals surface area contributed by atoms with Crippen LogP contribution in [0.1, 0.15) is 36.4 Å². The van der Waals surface area contributed by atoms with Crippen molar-refractivity contribution in [1.29, 1.82) is 0 Å². The Labute approximate surface area is 113 Å². The van der Waals surface area contributed by atoms with Gasteiger partial charge < -0.3 is 5.73 Å². The predicted octanol–water partition coefficient (Wildman–Crippen LogP) is 2.72. The van der Waals surface area contributed by atoms with Crippen LogP contribution in [0.5, 0.6) is 0 Å². The maximum atomic E-state index is 5.86. The molecule has 1 unspecified atom stereocenters. The van der Waals surface area contributed by atoms with Crippen LogP contribution >= 0.6 is 0 Å². The lowest BCUT2D eigenvalue weighted by Crippen LogP contribution is -2.32. The fourth-order valence-corrected chi connectivity index (χ4v) is 2.93. The highest BCUT2D eigenvalue weighted by Gasteiger charge is 2.24. The molecule has 1 fully saturated rings. The Bertz CT molecular complexity index is 521. The molecule has 2 heterocycles. The number of H-pyrrole nitrogens is 1. The van der Waals surface area contributed by atoms with Crippen molar-refractivity contribution in [2.75, 3.05) is 12.3 Å². The van der Waals surface area contributed by atoms with Crippen LogP contribution in [-0.2, 0) is 6.54 Å². The molecule has 1 saturated heterocycles. The van der Waals surface area contributed by atoms with Crippen molar-refractivity contribution in [3.63, 3.8) is 0 Å².